The van der Waals surface area contributed by atoms with E-state index in [1.54, 1.807) is 56.7 Å². The van der Waals surface area contributed by atoms with Crippen LogP contribution >= 0.6 is 11.6 Å². The van der Waals surface area contributed by atoms with Gasteiger partial charge in [0, 0.05) is 25.2 Å². The van der Waals surface area contributed by atoms with Gasteiger partial charge in [0.15, 0.2) is 0 Å². The molecule has 0 aliphatic rings. The Morgan fingerprint density at radius 1 is 1.12 bits per heavy atom. The van der Waals surface area contributed by atoms with E-state index in [1.165, 1.54) is 0 Å². The van der Waals surface area contributed by atoms with Crippen molar-refractivity contribution in [1.82, 2.24) is 0 Å². The Hall–Kier alpha value is -2.66. The highest BCUT2D eigenvalue weighted by molar-refractivity contribution is 6.47. The molecule has 0 unspecified atom stereocenters. The molecule has 0 atom stereocenters. The molecule has 0 aliphatic heterocycles. The Labute approximate surface area is 152 Å². The molecule has 6 heteroatoms. The van der Waals surface area contributed by atoms with E-state index in [0.717, 1.165) is 5.69 Å². The molecule has 2 N–H and O–H groups in total. The molecule has 5 nitrogen and oxygen atoms in total. The monoisotopic (exact) mass is 360 g/mol. The second kappa shape index (κ2) is 7.94. The van der Waals surface area contributed by atoms with Crippen LogP contribution in [0.15, 0.2) is 41.4 Å². The minimum atomic E-state index is -0.297. The van der Waals surface area contributed by atoms with Crippen LogP contribution in [-0.2, 0) is 0 Å². The van der Waals surface area contributed by atoms with Crippen molar-refractivity contribution >= 4 is 34.8 Å². The summed E-state index contributed by atoms with van der Waals surface area (Å²) in [6, 6.07) is 10.4. The van der Waals surface area contributed by atoms with Gasteiger partial charge in [-0.1, -0.05) is 11.6 Å². The molecular weight excluding hydrogens is 340 g/mol. The molecule has 0 heterocycles. The van der Waals surface area contributed by atoms with Gasteiger partial charge in [0.2, 0.25) is 5.78 Å². The highest BCUT2D eigenvalue weighted by atomic mass is 35.5. The second-order valence-electron chi connectivity index (χ2n) is 5.60. The van der Waals surface area contributed by atoms with E-state index in [1.807, 2.05) is 19.0 Å². The van der Waals surface area contributed by atoms with Gasteiger partial charge in [-0.25, -0.2) is 0 Å². The first-order valence-electron chi connectivity index (χ1n) is 7.58. The summed E-state index contributed by atoms with van der Waals surface area (Å²) < 4.78 is 10.5. The Bertz CT molecular complexity index is 816. The van der Waals surface area contributed by atoms with E-state index in [0.29, 0.717) is 28.3 Å². The molecule has 2 aromatic carbocycles. The van der Waals surface area contributed by atoms with E-state index >= 15 is 0 Å². The number of nitrogens with two attached hydrogens (primary N) is 1. The zero-order valence-corrected chi connectivity index (χ0v) is 15.4. The van der Waals surface area contributed by atoms with Crippen LogP contribution in [0.1, 0.15) is 15.9 Å². The van der Waals surface area contributed by atoms with E-state index in [2.05, 4.69) is 0 Å². The molecule has 0 aliphatic carbocycles. The zero-order chi connectivity index (χ0) is 18.6. The standard InChI is InChI=1S/C19H21ClN2O3/c1-22(2)17-11-12(5-7-16(17)21)19(23)15(20)10-13-9-14(24-3)6-8-18(13)25-4/h5-11H,21H2,1-4H3. The van der Waals surface area contributed by atoms with E-state index in [-0.39, 0.29) is 10.8 Å². The molecule has 0 radical (unpaired) electrons. The molecular formula is C19H21ClN2O3. The average molecular weight is 361 g/mol. The fourth-order valence-corrected chi connectivity index (χ4v) is 2.59. The van der Waals surface area contributed by atoms with Gasteiger partial charge in [-0.3, -0.25) is 4.79 Å². The molecule has 25 heavy (non-hydrogen) atoms. The van der Waals surface area contributed by atoms with Crippen molar-refractivity contribution in [2.75, 3.05) is 38.9 Å². The van der Waals surface area contributed by atoms with Crippen LogP contribution in [0.5, 0.6) is 11.5 Å². The lowest BCUT2D eigenvalue weighted by molar-refractivity contribution is 0.104. The van der Waals surface area contributed by atoms with Crippen LogP contribution in [0.3, 0.4) is 0 Å². The fourth-order valence-electron chi connectivity index (χ4n) is 2.36. The summed E-state index contributed by atoms with van der Waals surface area (Å²) in [6.45, 7) is 0. The lowest BCUT2D eigenvalue weighted by Gasteiger charge is -2.16. The van der Waals surface area contributed by atoms with Gasteiger partial charge in [-0.15, -0.1) is 0 Å². The Kier molecular flexibility index (Phi) is 5.93. The van der Waals surface area contributed by atoms with E-state index < -0.39 is 0 Å². The maximum atomic E-state index is 12.7. The average Bonchev–Trinajstić information content (AvgIpc) is 2.61. The molecule has 0 aromatic heterocycles. The number of hydrogen-bond acceptors (Lipinski definition) is 5. The molecule has 0 amide bonds. The number of carbonyl (C=O) groups excluding carboxylic acids is 1. The predicted octanol–water partition coefficient (Wildman–Crippen LogP) is 3.81. The third-order valence-corrected chi connectivity index (χ3v) is 3.99. The van der Waals surface area contributed by atoms with Crippen molar-refractivity contribution in [2.45, 2.75) is 0 Å². The number of ether oxygens (including phenoxy) is 2. The first-order valence-corrected chi connectivity index (χ1v) is 7.96. The lowest BCUT2D eigenvalue weighted by Crippen LogP contribution is -2.12. The number of anilines is 2. The van der Waals surface area contributed by atoms with Crippen LogP contribution in [-0.4, -0.2) is 34.1 Å². The van der Waals surface area contributed by atoms with Gasteiger partial charge in [-0.2, -0.15) is 0 Å². The molecule has 2 rings (SSSR count). The zero-order valence-electron chi connectivity index (χ0n) is 14.7. The number of benzene rings is 2. The summed E-state index contributed by atoms with van der Waals surface area (Å²) in [5.74, 6) is 0.944. The summed E-state index contributed by atoms with van der Waals surface area (Å²) in [4.78, 5) is 14.5. The molecule has 0 fully saturated rings. The van der Waals surface area contributed by atoms with Gasteiger partial charge in [-0.05, 0) is 42.5 Å². The quantitative estimate of drug-likeness (QED) is 0.482. The highest BCUT2D eigenvalue weighted by Crippen LogP contribution is 2.29. The maximum Gasteiger partial charge on any atom is 0.204 e. The number of ketones is 1. The number of methoxy groups -OCH3 is 2. The van der Waals surface area contributed by atoms with Gasteiger partial charge < -0.3 is 20.1 Å². The van der Waals surface area contributed by atoms with Crippen molar-refractivity contribution in [3.8, 4) is 11.5 Å². The number of rotatable bonds is 6. The van der Waals surface area contributed by atoms with E-state index in [4.69, 9.17) is 26.8 Å². The number of halogens is 1. The lowest BCUT2D eigenvalue weighted by atomic mass is 10.1. The minimum absolute atomic E-state index is 0.0704. The molecule has 0 saturated carbocycles. The topological polar surface area (TPSA) is 64.8 Å². The van der Waals surface area contributed by atoms with Gasteiger partial charge in [0.1, 0.15) is 11.5 Å². The van der Waals surface area contributed by atoms with Crippen molar-refractivity contribution in [1.29, 1.82) is 0 Å². The smallest absolute Gasteiger partial charge is 0.204 e. The van der Waals surface area contributed by atoms with E-state index in [9.17, 15) is 4.79 Å². The van der Waals surface area contributed by atoms with Crippen molar-refractivity contribution < 1.29 is 14.3 Å². The maximum absolute atomic E-state index is 12.7. The second-order valence-corrected chi connectivity index (χ2v) is 6.00. The number of carbonyl (C=O) groups is 1. The van der Waals surface area contributed by atoms with Crippen LogP contribution < -0.4 is 20.1 Å². The highest BCUT2D eigenvalue weighted by Gasteiger charge is 2.14. The Morgan fingerprint density at radius 2 is 1.84 bits per heavy atom. The molecule has 132 valence electrons. The molecule has 0 saturated heterocycles. The van der Waals surface area contributed by atoms with Crippen LogP contribution in [0, 0.1) is 0 Å². The Balaban J connectivity index is 2.40. The summed E-state index contributed by atoms with van der Waals surface area (Å²) >= 11 is 6.27. The minimum Gasteiger partial charge on any atom is -0.497 e. The van der Waals surface area contributed by atoms with Crippen molar-refractivity contribution in [2.24, 2.45) is 0 Å². The Morgan fingerprint density at radius 3 is 2.44 bits per heavy atom. The number of allylic oxidation sites excluding steroid dienone is 1. The van der Waals surface area contributed by atoms with Gasteiger partial charge >= 0.3 is 0 Å². The largest absolute Gasteiger partial charge is 0.497 e. The van der Waals surface area contributed by atoms with Gasteiger partial charge in [0.05, 0.1) is 30.6 Å². The van der Waals surface area contributed by atoms with Crippen molar-refractivity contribution in [3.05, 3.63) is 52.6 Å². The summed E-state index contributed by atoms with van der Waals surface area (Å²) in [5, 5.41) is 0.0704. The third-order valence-electron chi connectivity index (χ3n) is 3.71. The summed E-state index contributed by atoms with van der Waals surface area (Å²) in [5.41, 5.74) is 8.40. The SMILES string of the molecule is COc1ccc(OC)c(C=C(Cl)C(=O)c2ccc(N)c(N(C)C)c2)c1. The van der Waals surface area contributed by atoms with Crippen LogP contribution in [0.4, 0.5) is 11.4 Å². The van der Waals surface area contributed by atoms with Crippen LogP contribution in [0.25, 0.3) is 6.08 Å². The number of Topliss-reactive ketones (excluding diaryl/α,β-unsaturated/α-hetero) is 1. The predicted molar refractivity (Wildman–Crippen MR) is 103 cm³/mol. The first kappa shape index (κ1) is 18.7. The fraction of sp³-hybridized carbons (Fsp3) is 0.211. The summed E-state index contributed by atoms with van der Waals surface area (Å²) in [6.07, 6.45) is 1.57. The number of nitrogens with zero attached hydrogens (tertiary/aromatic N) is 1. The molecule has 0 bridgehead atoms. The number of nitrogen functional groups attached to an aromatic ring is 1. The third kappa shape index (κ3) is 4.25. The molecule has 0 spiro atoms. The first-order chi connectivity index (χ1) is 11.9. The normalized spacial score (nSPS) is 11.2. The number of hydrogen-bond donors (Lipinski definition) is 1. The molecule has 2 aromatic rings. The van der Waals surface area contributed by atoms with Gasteiger partial charge in [0.25, 0.3) is 0 Å². The van der Waals surface area contributed by atoms with Crippen molar-refractivity contribution in [3.63, 3.8) is 0 Å². The summed E-state index contributed by atoms with van der Waals surface area (Å²) in [7, 11) is 6.84. The van der Waals surface area contributed by atoms with Crippen LogP contribution in [0.2, 0.25) is 0 Å².